The van der Waals surface area contributed by atoms with E-state index in [4.69, 9.17) is 0 Å². The van der Waals surface area contributed by atoms with E-state index < -0.39 is 0 Å². The van der Waals surface area contributed by atoms with Crippen LogP contribution in [0.2, 0.25) is 0 Å². The number of imidazole rings is 1. The maximum Gasteiger partial charge on any atom is 0.0950 e. The van der Waals surface area contributed by atoms with Gasteiger partial charge in [0.15, 0.2) is 0 Å². The second kappa shape index (κ2) is 2.82. The van der Waals surface area contributed by atoms with Gasteiger partial charge in [-0.25, -0.2) is 4.98 Å². The number of hydrogen-bond acceptors (Lipinski definition) is 1. The number of halogens is 1. The number of hydrogen-bond donors (Lipinski definition) is 0. The van der Waals surface area contributed by atoms with Crippen molar-refractivity contribution in [2.75, 3.05) is 0 Å². The van der Waals surface area contributed by atoms with Gasteiger partial charge in [0.25, 0.3) is 0 Å². The highest BCUT2D eigenvalue weighted by atomic mass is 79.9. The van der Waals surface area contributed by atoms with Gasteiger partial charge in [0.05, 0.1) is 12.0 Å². The molecule has 3 heteroatoms. The van der Waals surface area contributed by atoms with Gasteiger partial charge in [0.1, 0.15) is 0 Å². The van der Waals surface area contributed by atoms with E-state index in [1.165, 1.54) is 0 Å². The van der Waals surface area contributed by atoms with Crippen molar-refractivity contribution >= 4 is 22.0 Å². The van der Waals surface area contributed by atoms with E-state index in [2.05, 4.69) is 20.9 Å². The minimum absolute atomic E-state index is 0.967. The SMILES string of the molecule is Cn1cnc(/C=C/Br)c1. The van der Waals surface area contributed by atoms with Crippen molar-refractivity contribution in [2.45, 2.75) is 0 Å². The first-order valence-electron chi connectivity index (χ1n) is 2.57. The first kappa shape index (κ1) is 6.55. The fourth-order valence-corrected chi connectivity index (χ4v) is 0.854. The largest absolute Gasteiger partial charge is 0.340 e. The van der Waals surface area contributed by atoms with Crippen LogP contribution in [0.4, 0.5) is 0 Å². The van der Waals surface area contributed by atoms with E-state index >= 15 is 0 Å². The van der Waals surface area contributed by atoms with Crippen LogP contribution >= 0.6 is 15.9 Å². The van der Waals surface area contributed by atoms with Crippen molar-refractivity contribution in [1.82, 2.24) is 9.55 Å². The molecule has 2 nitrogen and oxygen atoms in total. The van der Waals surface area contributed by atoms with Gasteiger partial charge in [0, 0.05) is 13.2 Å². The zero-order chi connectivity index (χ0) is 6.69. The highest BCUT2D eigenvalue weighted by molar-refractivity contribution is 9.11. The molecule has 1 rings (SSSR count). The number of aromatic nitrogens is 2. The third-order valence-corrected chi connectivity index (χ3v) is 1.22. The Balaban J connectivity index is 2.85. The van der Waals surface area contributed by atoms with Gasteiger partial charge < -0.3 is 4.57 Å². The molecule has 9 heavy (non-hydrogen) atoms. The standard InChI is InChI=1S/C6H7BrN2/c1-9-4-6(2-3-7)8-5-9/h2-5H,1H3/b3-2+. The van der Waals surface area contributed by atoms with E-state index in [9.17, 15) is 0 Å². The Kier molecular flexibility index (Phi) is 2.05. The predicted molar refractivity (Wildman–Crippen MR) is 41.2 cm³/mol. The monoisotopic (exact) mass is 186 g/mol. The molecule has 1 heterocycles. The molecule has 1 aromatic heterocycles. The molecule has 0 saturated heterocycles. The zero-order valence-corrected chi connectivity index (χ0v) is 6.67. The predicted octanol–water partition coefficient (Wildman–Crippen LogP) is 1.79. The lowest BCUT2D eigenvalue weighted by molar-refractivity contribution is 0.913. The molecule has 0 aromatic carbocycles. The lowest BCUT2D eigenvalue weighted by Crippen LogP contribution is -1.76. The Morgan fingerprint density at radius 3 is 3.00 bits per heavy atom. The van der Waals surface area contributed by atoms with Gasteiger partial charge in [0.2, 0.25) is 0 Å². The van der Waals surface area contributed by atoms with Crippen LogP contribution in [0, 0.1) is 0 Å². The summed E-state index contributed by atoms with van der Waals surface area (Å²) in [6, 6.07) is 0. The van der Waals surface area contributed by atoms with E-state index in [1.54, 1.807) is 11.3 Å². The van der Waals surface area contributed by atoms with Gasteiger partial charge >= 0.3 is 0 Å². The minimum atomic E-state index is 0.967. The Morgan fingerprint density at radius 1 is 1.78 bits per heavy atom. The van der Waals surface area contributed by atoms with Gasteiger partial charge in [-0.2, -0.15) is 0 Å². The maximum atomic E-state index is 4.05. The molecule has 0 radical (unpaired) electrons. The summed E-state index contributed by atoms with van der Waals surface area (Å²) in [7, 11) is 1.94. The second-order valence-electron chi connectivity index (χ2n) is 1.76. The van der Waals surface area contributed by atoms with E-state index in [0.29, 0.717) is 0 Å². The molecule has 0 spiro atoms. The Morgan fingerprint density at radius 2 is 2.56 bits per heavy atom. The van der Waals surface area contributed by atoms with Crippen molar-refractivity contribution in [2.24, 2.45) is 7.05 Å². The maximum absolute atomic E-state index is 4.05. The third kappa shape index (κ3) is 1.68. The molecule has 0 unspecified atom stereocenters. The average Bonchev–Trinajstić information content (AvgIpc) is 2.17. The lowest BCUT2D eigenvalue weighted by atomic mass is 10.5. The van der Waals surface area contributed by atoms with E-state index in [0.717, 1.165) is 5.69 Å². The van der Waals surface area contributed by atoms with Crippen molar-refractivity contribution in [3.05, 3.63) is 23.2 Å². The first-order chi connectivity index (χ1) is 4.33. The molecule has 48 valence electrons. The molecule has 0 atom stereocenters. The molecule has 0 N–H and O–H groups in total. The summed E-state index contributed by atoms with van der Waals surface area (Å²) in [5.74, 6) is 0. The molecular formula is C6H7BrN2. The van der Waals surface area contributed by atoms with Crippen LogP contribution in [0.25, 0.3) is 6.08 Å². The highest BCUT2D eigenvalue weighted by Crippen LogP contribution is 1.98. The Bertz CT molecular complexity index is 215. The summed E-state index contributed by atoms with van der Waals surface area (Å²) in [6.07, 6.45) is 5.60. The third-order valence-electron chi connectivity index (χ3n) is 0.959. The number of aryl methyl sites for hydroxylation is 1. The molecule has 1 aromatic rings. The molecule has 0 amide bonds. The molecule has 0 saturated carbocycles. The van der Waals surface area contributed by atoms with Crippen molar-refractivity contribution in [3.8, 4) is 0 Å². The quantitative estimate of drug-likeness (QED) is 0.655. The van der Waals surface area contributed by atoms with Crippen molar-refractivity contribution in [3.63, 3.8) is 0 Å². The van der Waals surface area contributed by atoms with Crippen molar-refractivity contribution in [1.29, 1.82) is 0 Å². The lowest BCUT2D eigenvalue weighted by Gasteiger charge is -1.79. The molecular weight excluding hydrogens is 180 g/mol. The Labute approximate surface area is 62.3 Å². The average molecular weight is 187 g/mol. The van der Waals surface area contributed by atoms with Crippen LogP contribution < -0.4 is 0 Å². The van der Waals surface area contributed by atoms with Gasteiger partial charge in [-0.1, -0.05) is 15.9 Å². The molecule has 0 aliphatic carbocycles. The molecule has 0 fully saturated rings. The number of nitrogens with zero attached hydrogens (tertiary/aromatic N) is 2. The van der Waals surface area contributed by atoms with Gasteiger partial charge in [-0.05, 0) is 11.1 Å². The smallest absolute Gasteiger partial charge is 0.0950 e. The van der Waals surface area contributed by atoms with Crippen LogP contribution in [0.1, 0.15) is 5.69 Å². The van der Waals surface area contributed by atoms with Crippen LogP contribution in [-0.2, 0) is 7.05 Å². The summed E-state index contributed by atoms with van der Waals surface area (Å²) in [5.41, 5.74) is 0.967. The van der Waals surface area contributed by atoms with Gasteiger partial charge in [-0.15, -0.1) is 0 Å². The van der Waals surface area contributed by atoms with E-state index in [1.807, 2.05) is 23.9 Å². The summed E-state index contributed by atoms with van der Waals surface area (Å²) >= 11 is 3.17. The number of rotatable bonds is 1. The van der Waals surface area contributed by atoms with Gasteiger partial charge in [-0.3, -0.25) is 0 Å². The topological polar surface area (TPSA) is 17.8 Å². The van der Waals surface area contributed by atoms with Crippen LogP contribution in [0.3, 0.4) is 0 Å². The molecule has 0 bridgehead atoms. The second-order valence-corrected chi connectivity index (χ2v) is 2.29. The molecule has 0 aliphatic rings. The summed E-state index contributed by atoms with van der Waals surface area (Å²) in [5, 5.41) is 0. The highest BCUT2D eigenvalue weighted by Gasteiger charge is 1.86. The first-order valence-corrected chi connectivity index (χ1v) is 3.49. The van der Waals surface area contributed by atoms with Crippen LogP contribution in [-0.4, -0.2) is 9.55 Å². The normalized spacial score (nSPS) is 10.9. The van der Waals surface area contributed by atoms with Crippen LogP contribution in [0.5, 0.6) is 0 Å². The molecule has 0 aliphatic heterocycles. The Hall–Kier alpha value is -0.570. The fourth-order valence-electron chi connectivity index (χ4n) is 0.584. The van der Waals surface area contributed by atoms with Crippen molar-refractivity contribution < 1.29 is 0 Å². The van der Waals surface area contributed by atoms with Crippen LogP contribution in [0.15, 0.2) is 17.5 Å². The van der Waals surface area contributed by atoms with E-state index in [-0.39, 0.29) is 0 Å². The summed E-state index contributed by atoms with van der Waals surface area (Å²) in [4.78, 5) is 5.84. The summed E-state index contributed by atoms with van der Waals surface area (Å²) in [6.45, 7) is 0. The fraction of sp³-hybridized carbons (Fsp3) is 0.167. The minimum Gasteiger partial charge on any atom is -0.340 e. The summed E-state index contributed by atoms with van der Waals surface area (Å²) < 4.78 is 1.91. The zero-order valence-electron chi connectivity index (χ0n) is 5.08.